The first-order valence-corrected chi connectivity index (χ1v) is 4.97. The fourth-order valence-corrected chi connectivity index (χ4v) is 1.53. The Morgan fingerprint density at radius 1 is 1.25 bits per heavy atom. The number of ether oxygens (including phenoxy) is 1. The third kappa shape index (κ3) is 3.73. The summed E-state index contributed by atoms with van der Waals surface area (Å²) < 4.78 is 4.55. The van der Waals surface area contributed by atoms with Gasteiger partial charge in [-0.3, -0.25) is 9.59 Å². The Morgan fingerprint density at radius 2 is 1.88 bits per heavy atom. The quantitative estimate of drug-likeness (QED) is 0.772. The molecule has 16 heavy (non-hydrogen) atoms. The van der Waals surface area contributed by atoms with E-state index in [1.54, 1.807) is 0 Å². The van der Waals surface area contributed by atoms with Crippen LogP contribution < -0.4 is 0 Å². The summed E-state index contributed by atoms with van der Waals surface area (Å²) in [6, 6.07) is 9.12. The van der Waals surface area contributed by atoms with Gasteiger partial charge in [-0.1, -0.05) is 30.3 Å². The van der Waals surface area contributed by atoms with Gasteiger partial charge < -0.3 is 9.84 Å². The van der Waals surface area contributed by atoms with Crippen molar-refractivity contribution in [2.45, 2.75) is 18.8 Å². The molecule has 0 aromatic heterocycles. The van der Waals surface area contributed by atoms with Gasteiger partial charge in [0.2, 0.25) is 0 Å². The number of aliphatic carboxylic acids is 1. The van der Waals surface area contributed by atoms with Gasteiger partial charge in [-0.25, -0.2) is 0 Å². The number of esters is 1. The fraction of sp³-hybridized carbons (Fsp3) is 0.333. The summed E-state index contributed by atoms with van der Waals surface area (Å²) in [5.74, 6) is -1.64. The molecule has 1 rings (SSSR count). The second-order valence-corrected chi connectivity index (χ2v) is 3.49. The Labute approximate surface area is 93.9 Å². The predicted octanol–water partition coefficient (Wildman–Crippen LogP) is 1.81. The number of rotatable bonds is 5. The van der Waals surface area contributed by atoms with E-state index in [0.29, 0.717) is 0 Å². The SMILES string of the molecule is COC(=O)CC(CC(=O)O)c1ccccc1. The highest BCUT2D eigenvalue weighted by atomic mass is 16.5. The van der Waals surface area contributed by atoms with Gasteiger partial charge in [0.1, 0.15) is 0 Å². The Bertz CT molecular complexity index is 359. The molecule has 0 heterocycles. The number of benzene rings is 1. The largest absolute Gasteiger partial charge is 0.481 e. The summed E-state index contributed by atoms with van der Waals surface area (Å²) in [6.45, 7) is 0. The lowest BCUT2D eigenvalue weighted by Crippen LogP contribution is -2.12. The number of carboxylic acids is 1. The van der Waals surface area contributed by atoms with E-state index >= 15 is 0 Å². The lowest BCUT2D eigenvalue weighted by Gasteiger charge is -2.13. The lowest BCUT2D eigenvalue weighted by atomic mass is 9.93. The zero-order valence-electron chi connectivity index (χ0n) is 9.05. The molecule has 0 aliphatic carbocycles. The van der Waals surface area contributed by atoms with E-state index in [0.717, 1.165) is 5.56 Å². The highest BCUT2D eigenvalue weighted by molar-refractivity contribution is 5.73. The number of hydrogen-bond donors (Lipinski definition) is 1. The topological polar surface area (TPSA) is 63.6 Å². The minimum Gasteiger partial charge on any atom is -0.481 e. The molecule has 4 heteroatoms. The van der Waals surface area contributed by atoms with Crippen LogP contribution in [-0.2, 0) is 14.3 Å². The Morgan fingerprint density at radius 3 is 2.38 bits per heavy atom. The van der Waals surface area contributed by atoms with Crippen molar-refractivity contribution in [2.24, 2.45) is 0 Å². The third-order valence-corrected chi connectivity index (χ3v) is 2.33. The Kier molecular flexibility index (Phi) is 4.51. The molecule has 0 radical (unpaired) electrons. The molecule has 1 aromatic rings. The molecule has 1 N–H and O–H groups in total. The molecule has 0 aliphatic heterocycles. The standard InChI is InChI=1S/C12H14O4/c1-16-12(15)8-10(7-11(13)14)9-5-3-2-4-6-9/h2-6,10H,7-8H2,1H3,(H,13,14). The van der Waals surface area contributed by atoms with Gasteiger partial charge in [0.15, 0.2) is 0 Å². The monoisotopic (exact) mass is 222 g/mol. The maximum atomic E-state index is 11.2. The zero-order chi connectivity index (χ0) is 12.0. The maximum absolute atomic E-state index is 11.2. The Balaban J connectivity index is 2.79. The van der Waals surface area contributed by atoms with Crippen molar-refractivity contribution in [1.82, 2.24) is 0 Å². The number of hydrogen-bond acceptors (Lipinski definition) is 3. The van der Waals surface area contributed by atoms with Crippen LogP contribution in [0.5, 0.6) is 0 Å². The predicted molar refractivity (Wildman–Crippen MR) is 58.1 cm³/mol. The number of carboxylic acid groups (broad SMARTS) is 1. The van der Waals surface area contributed by atoms with E-state index in [1.165, 1.54) is 7.11 Å². The van der Waals surface area contributed by atoms with E-state index in [4.69, 9.17) is 5.11 Å². The van der Waals surface area contributed by atoms with Crippen LogP contribution in [0, 0.1) is 0 Å². The molecule has 4 nitrogen and oxygen atoms in total. The van der Waals surface area contributed by atoms with Crippen LogP contribution in [0.1, 0.15) is 24.3 Å². The summed E-state index contributed by atoms with van der Waals surface area (Å²) >= 11 is 0. The van der Waals surface area contributed by atoms with Crippen molar-refractivity contribution in [3.8, 4) is 0 Å². The minimum absolute atomic E-state index is 0.0703. The second-order valence-electron chi connectivity index (χ2n) is 3.49. The van der Waals surface area contributed by atoms with E-state index < -0.39 is 11.9 Å². The molecule has 1 aromatic carbocycles. The number of carbonyl (C=O) groups is 2. The minimum atomic E-state index is -0.919. The molecule has 0 saturated heterocycles. The molecule has 0 bridgehead atoms. The normalized spacial score (nSPS) is 11.8. The summed E-state index contributed by atoms with van der Waals surface area (Å²) in [4.78, 5) is 21.9. The van der Waals surface area contributed by atoms with Crippen LogP contribution in [0.2, 0.25) is 0 Å². The summed E-state index contributed by atoms with van der Waals surface area (Å²) in [7, 11) is 1.30. The molecule has 0 amide bonds. The van der Waals surface area contributed by atoms with Gasteiger partial charge in [-0.05, 0) is 5.56 Å². The van der Waals surface area contributed by atoms with E-state index in [-0.39, 0.29) is 18.8 Å². The molecule has 1 unspecified atom stereocenters. The first-order valence-electron chi connectivity index (χ1n) is 4.97. The summed E-state index contributed by atoms with van der Waals surface area (Å²) in [6.07, 6.45) is 0.0198. The molecular formula is C12H14O4. The van der Waals surface area contributed by atoms with Gasteiger partial charge in [0, 0.05) is 5.92 Å². The average molecular weight is 222 g/mol. The van der Waals surface area contributed by atoms with Crippen molar-refractivity contribution < 1.29 is 19.4 Å². The summed E-state index contributed by atoms with van der Waals surface area (Å²) in [5, 5.41) is 8.78. The van der Waals surface area contributed by atoms with Crippen LogP contribution in [0.25, 0.3) is 0 Å². The maximum Gasteiger partial charge on any atom is 0.306 e. The van der Waals surface area contributed by atoms with Gasteiger partial charge in [-0.2, -0.15) is 0 Å². The van der Waals surface area contributed by atoms with E-state index in [1.807, 2.05) is 30.3 Å². The zero-order valence-corrected chi connectivity index (χ0v) is 9.05. The summed E-state index contributed by atoms with van der Waals surface area (Å²) in [5.41, 5.74) is 0.843. The first kappa shape index (κ1) is 12.2. The van der Waals surface area contributed by atoms with E-state index in [9.17, 15) is 9.59 Å². The smallest absolute Gasteiger partial charge is 0.306 e. The molecule has 0 saturated carbocycles. The van der Waals surface area contributed by atoms with E-state index in [2.05, 4.69) is 4.74 Å². The van der Waals surface area contributed by atoms with Gasteiger partial charge >= 0.3 is 11.9 Å². The molecule has 0 fully saturated rings. The van der Waals surface area contributed by atoms with Crippen molar-refractivity contribution in [3.63, 3.8) is 0 Å². The highest BCUT2D eigenvalue weighted by Crippen LogP contribution is 2.23. The third-order valence-electron chi connectivity index (χ3n) is 2.33. The van der Waals surface area contributed by atoms with Crippen LogP contribution in [0.3, 0.4) is 0 Å². The highest BCUT2D eigenvalue weighted by Gasteiger charge is 2.19. The van der Waals surface area contributed by atoms with Crippen LogP contribution in [-0.4, -0.2) is 24.2 Å². The van der Waals surface area contributed by atoms with Crippen molar-refractivity contribution in [3.05, 3.63) is 35.9 Å². The first-order chi connectivity index (χ1) is 7.63. The van der Waals surface area contributed by atoms with Gasteiger partial charge in [0.25, 0.3) is 0 Å². The van der Waals surface area contributed by atoms with Crippen LogP contribution >= 0.6 is 0 Å². The lowest BCUT2D eigenvalue weighted by molar-refractivity contribution is -0.141. The van der Waals surface area contributed by atoms with Crippen molar-refractivity contribution in [2.75, 3.05) is 7.11 Å². The van der Waals surface area contributed by atoms with Crippen molar-refractivity contribution in [1.29, 1.82) is 0 Å². The Hall–Kier alpha value is -1.84. The molecule has 0 aliphatic rings. The second kappa shape index (κ2) is 5.90. The molecule has 1 atom stereocenters. The molecule has 86 valence electrons. The number of carbonyl (C=O) groups excluding carboxylic acids is 1. The van der Waals surface area contributed by atoms with Gasteiger partial charge in [-0.15, -0.1) is 0 Å². The van der Waals surface area contributed by atoms with Crippen LogP contribution in [0.4, 0.5) is 0 Å². The average Bonchev–Trinajstić information content (AvgIpc) is 2.28. The van der Waals surface area contributed by atoms with Crippen molar-refractivity contribution >= 4 is 11.9 Å². The number of methoxy groups -OCH3 is 1. The molecular weight excluding hydrogens is 208 g/mol. The fourth-order valence-electron chi connectivity index (χ4n) is 1.53. The molecule has 0 spiro atoms. The van der Waals surface area contributed by atoms with Crippen LogP contribution in [0.15, 0.2) is 30.3 Å². The van der Waals surface area contributed by atoms with Gasteiger partial charge in [0.05, 0.1) is 20.0 Å².